The van der Waals surface area contributed by atoms with E-state index < -0.39 is 0 Å². The van der Waals surface area contributed by atoms with Gasteiger partial charge in [0.25, 0.3) is 0 Å². The van der Waals surface area contributed by atoms with Gasteiger partial charge >= 0.3 is 0 Å². The molecule has 1 N–H and O–H groups in total. The highest BCUT2D eigenvalue weighted by atomic mass is 16.5. The van der Waals surface area contributed by atoms with Crippen LogP contribution in [0.2, 0.25) is 0 Å². The second-order valence-corrected chi connectivity index (χ2v) is 5.55. The van der Waals surface area contributed by atoms with Crippen molar-refractivity contribution in [3.05, 3.63) is 29.8 Å². The standard InChI is InChI=1S/C16H26N2O/c1-18(13-15-7-10-17-11-8-15)12-9-14-3-5-16(19-2)6-4-14/h3-6,15,17H,7-13H2,1-2H3. The maximum absolute atomic E-state index is 5.18. The molecule has 0 spiro atoms. The van der Waals surface area contributed by atoms with E-state index in [1.807, 2.05) is 12.1 Å². The van der Waals surface area contributed by atoms with Gasteiger partial charge in [-0.15, -0.1) is 0 Å². The van der Waals surface area contributed by atoms with E-state index in [4.69, 9.17) is 4.74 Å². The fraction of sp³-hybridized carbons (Fsp3) is 0.625. The first kappa shape index (κ1) is 14.4. The van der Waals surface area contributed by atoms with E-state index >= 15 is 0 Å². The van der Waals surface area contributed by atoms with Crippen LogP contribution in [0.3, 0.4) is 0 Å². The van der Waals surface area contributed by atoms with Crippen LogP contribution in [0.25, 0.3) is 0 Å². The molecule has 1 heterocycles. The molecule has 1 aliphatic heterocycles. The molecule has 0 radical (unpaired) electrons. The molecule has 0 bridgehead atoms. The van der Waals surface area contributed by atoms with E-state index in [9.17, 15) is 0 Å². The molecule has 0 amide bonds. The van der Waals surface area contributed by atoms with Crippen LogP contribution >= 0.6 is 0 Å². The first-order valence-electron chi connectivity index (χ1n) is 7.30. The minimum absolute atomic E-state index is 0.877. The highest BCUT2D eigenvalue weighted by Gasteiger charge is 2.14. The van der Waals surface area contributed by atoms with Gasteiger partial charge < -0.3 is 15.0 Å². The quantitative estimate of drug-likeness (QED) is 0.850. The van der Waals surface area contributed by atoms with E-state index in [1.54, 1.807) is 7.11 Å². The minimum atomic E-state index is 0.877. The third kappa shape index (κ3) is 4.84. The van der Waals surface area contributed by atoms with Crippen LogP contribution in [0.4, 0.5) is 0 Å². The van der Waals surface area contributed by atoms with Crippen molar-refractivity contribution in [1.82, 2.24) is 10.2 Å². The largest absolute Gasteiger partial charge is 0.497 e. The Morgan fingerprint density at radius 1 is 1.21 bits per heavy atom. The van der Waals surface area contributed by atoms with Crippen LogP contribution in [0.5, 0.6) is 5.75 Å². The van der Waals surface area contributed by atoms with Gasteiger partial charge in [-0.25, -0.2) is 0 Å². The molecule has 3 nitrogen and oxygen atoms in total. The molecule has 1 aromatic carbocycles. The lowest BCUT2D eigenvalue weighted by Crippen LogP contribution is -2.35. The second kappa shape index (κ2) is 7.51. The number of likely N-dealkylation sites (N-methyl/N-ethyl adjacent to an activating group) is 1. The molecule has 1 aliphatic rings. The van der Waals surface area contributed by atoms with Crippen molar-refractivity contribution in [2.45, 2.75) is 19.3 Å². The van der Waals surface area contributed by atoms with E-state index in [-0.39, 0.29) is 0 Å². The van der Waals surface area contributed by atoms with Crippen LogP contribution < -0.4 is 10.1 Å². The third-order valence-electron chi connectivity index (χ3n) is 3.97. The summed E-state index contributed by atoms with van der Waals surface area (Å²) in [6.07, 6.45) is 3.77. The summed E-state index contributed by atoms with van der Waals surface area (Å²) in [6, 6.07) is 8.42. The van der Waals surface area contributed by atoms with Crippen molar-refractivity contribution in [3.8, 4) is 5.75 Å². The number of nitrogens with one attached hydrogen (secondary N) is 1. The van der Waals surface area contributed by atoms with Gasteiger partial charge in [-0.3, -0.25) is 0 Å². The average Bonchev–Trinajstić information content (AvgIpc) is 2.47. The smallest absolute Gasteiger partial charge is 0.118 e. The SMILES string of the molecule is COc1ccc(CCN(C)CC2CCNCC2)cc1. The van der Waals surface area contributed by atoms with E-state index in [1.165, 1.54) is 38.0 Å². The second-order valence-electron chi connectivity index (χ2n) is 5.55. The Morgan fingerprint density at radius 3 is 2.53 bits per heavy atom. The van der Waals surface area contributed by atoms with Gasteiger partial charge in [0.15, 0.2) is 0 Å². The maximum atomic E-state index is 5.18. The number of hydrogen-bond acceptors (Lipinski definition) is 3. The lowest BCUT2D eigenvalue weighted by Gasteiger charge is -2.27. The van der Waals surface area contributed by atoms with E-state index in [2.05, 4.69) is 29.4 Å². The Morgan fingerprint density at radius 2 is 1.89 bits per heavy atom. The topological polar surface area (TPSA) is 24.5 Å². The van der Waals surface area contributed by atoms with Gasteiger partial charge in [-0.1, -0.05) is 12.1 Å². The van der Waals surface area contributed by atoms with Gasteiger partial charge in [0, 0.05) is 13.1 Å². The summed E-state index contributed by atoms with van der Waals surface area (Å²) >= 11 is 0. The fourth-order valence-electron chi connectivity index (χ4n) is 2.71. The Hall–Kier alpha value is -1.06. The molecule has 1 fully saturated rings. The summed E-state index contributed by atoms with van der Waals surface area (Å²) in [4.78, 5) is 2.47. The summed E-state index contributed by atoms with van der Waals surface area (Å²) in [5.41, 5.74) is 1.39. The maximum Gasteiger partial charge on any atom is 0.118 e. The summed E-state index contributed by atoms with van der Waals surface area (Å²) in [5.74, 6) is 1.81. The van der Waals surface area contributed by atoms with Crippen molar-refractivity contribution in [2.75, 3.05) is 40.3 Å². The normalized spacial score (nSPS) is 16.8. The molecule has 0 saturated carbocycles. The first-order chi connectivity index (χ1) is 9.28. The molecule has 3 heteroatoms. The number of nitrogens with zero attached hydrogens (tertiary/aromatic N) is 1. The predicted molar refractivity (Wildman–Crippen MR) is 79.8 cm³/mol. The molecular weight excluding hydrogens is 236 g/mol. The number of piperidine rings is 1. The molecule has 0 unspecified atom stereocenters. The molecule has 19 heavy (non-hydrogen) atoms. The van der Waals surface area contributed by atoms with Crippen molar-refractivity contribution in [1.29, 1.82) is 0 Å². The minimum Gasteiger partial charge on any atom is -0.497 e. The predicted octanol–water partition coefficient (Wildman–Crippen LogP) is 2.17. The van der Waals surface area contributed by atoms with Gasteiger partial charge in [0.2, 0.25) is 0 Å². The lowest BCUT2D eigenvalue weighted by molar-refractivity contribution is 0.242. The van der Waals surface area contributed by atoms with E-state index in [0.717, 1.165) is 24.6 Å². The highest BCUT2D eigenvalue weighted by molar-refractivity contribution is 5.27. The van der Waals surface area contributed by atoms with Crippen molar-refractivity contribution in [2.24, 2.45) is 5.92 Å². The molecule has 1 saturated heterocycles. The van der Waals surface area contributed by atoms with Crippen LogP contribution in [-0.4, -0.2) is 45.2 Å². The zero-order valence-corrected chi connectivity index (χ0v) is 12.2. The Balaban J connectivity index is 1.71. The molecule has 0 aliphatic carbocycles. The number of benzene rings is 1. The van der Waals surface area contributed by atoms with Crippen LogP contribution in [0, 0.1) is 5.92 Å². The summed E-state index contributed by atoms with van der Waals surface area (Å²) < 4.78 is 5.18. The molecule has 106 valence electrons. The molecule has 1 aromatic rings. The Labute approximate surface area is 116 Å². The fourth-order valence-corrected chi connectivity index (χ4v) is 2.71. The first-order valence-corrected chi connectivity index (χ1v) is 7.30. The summed E-state index contributed by atoms with van der Waals surface area (Å²) in [6.45, 7) is 4.75. The van der Waals surface area contributed by atoms with Crippen LogP contribution in [0.15, 0.2) is 24.3 Å². The Bertz CT molecular complexity index is 358. The molecule has 0 atom stereocenters. The van der Waals surface area contributed by atoms with Crippen molar-refractivity contribution >= 4 is 0 Å². The third-order valence-corrected chi connectivity index (χ3v) is 3.97. The number of rotatable bonds is 6. The summed E-state index contributed by atoms with van der Waals surface area (Å²) in [7, 11) is 3.95. The van der Waals surface area contributed by atoms with Crippen LogP contribution in [0.1, 0.15) is 18.4 Å². The van der Waals surface area contributed by atoms with E-state index in [0.29, 0.717) is 0 Å². The average molecular weight is 262 g/mol. The summed E-state index contributed by atoms with van der Waals surface area (Å²) in [5, 5.41) is 3.43. The Kier molecular flexibility index (Phi) is 5.67. The van der Waals surface area contributed by atoms with Crippen molar-refractivity contribution < 1.29 is 4.74 Å². The number of methoxy groups -OCH3 is 1. The number of hydrogen-bond donors (Lipinski definition) is 1. The van der Waals surface area contributed by atoms with Gasteiger partial charge in [0.1, 0.15) is 5.75 Å². The van der Waals surface area contributed by atoms with Gasteiger partial charge in [-0.05, 0) is 63.0 Å². The number of ether oxygens (including phenoxy) is 1. The monoisotopic (exact) mass is 262 g/mol. The van der Waals surface area contributed by atoms with Gasteiger partial charge in [0.05, 0.1) is 7.11 Å². The zero-order chi connectivity index (χ0) is 13.5. The van der Waals surface area contributed by atoms with Crippen LogP contribution in [-0.2, 0) is 6.42 Å². The van der Waals surface area contributed by atoms with Crippen molar-refractivity contribution in [3.63, 3.8) is 0 Å². The highest BCUT2D eigenvalue weighted by Crippen LogP contribution is 2.14. The molecular formula is C16H26N2O. The lowest BCUT2D eigenvalue weighted by atomic mass is 9.97. The van der Waals surface area contributed by atoms with Gasteiger partial charge in [-0.2, -0.15) is 0 Å². The molecule has 0 aromatic heterocycles. The zero-order valence-electron chi connectivity index (χ0n) is 12.2. The molecule has 2 rings (SSSR count).